The normalized spacial score (nSPS) is 21.0. The van der Waals surface area contributed by atoms with Crippen molar-refractivity contribution in [3.05, 3.63) is 65.0 Å². The number of ether oxygens (including phenoxy) is 2. The highest BCUT2D eigenvalue weighted by Crippen LogP contribution is 2.48. The van der Waals surface area contributed by atoms with Gasteiger partial charge in [0, 0.05) is 29.0 Å². The summed E-state index contributed by atoms with van der Waals surface area (Å²) in [6.45, 7) is 9.73. The summed E-state index contributed by atoms with van der Waals surface area (Å²) in [5.74, 6) is -0.282. The van der Waals surface area contributed by atoms with Crippen molar-refractivity contribution in [3.8, 4) is 5.75 Å². The summed E-state index contributed by atoms with van der Waals surface area (Å²) in [7, 11) is 1.59. The molecular formula is C23H27NO4. The number of hydrogen-bond donors (Lipinski definition) is 1. The Bertz CT molecular complexity index is 892. The zero-order valence-corrected chi connectivity index (χ0v) is 16.9. The number of ketones is 1. The van der Waals surface area contributed by atoms with E-state index in [9.17, 15) is 9.59 Å². The lowest BCUT2D eigenvalue weighted by atomic mass is 9.68. The van der Waals surface area contributed by atoms with Gasteiger partial charge in [-0.05, 0) is 24.8 Å². The van der Waals surface area contributed by atoms with Gasteiger partial charge in [0.25, 0.3) is 0 Å². The second-order valence-corrected chi connectivity index (χ2v) is 8.06. The van der Waals surface area contributed by atoms with Gasteiger partial charge >= 0.3 is 5.97 Å². The largest absolute Gasteiger partial charge is 0.496 e. The Labute approximate surface area is 166 Å². The Kier molecular flexibility index (Phi) is 5.45. The summed E-state index contributed by atoms with van der Waals surface area (Å²) in [5, 5.41) is 3.32. The molecule has 148 valence electrons. The van der Waals surface area contributed by atoms with Crippen molar-refractivity contribution in [2.45, 2.75) is 39.5 Å². The van der Waals surface area contributed by atoms with Gasteiger partial charge in [-0.15, -0.1) is 0 Å². The minimum absolute atomic E-state index is 0.0520. The Morgan fingerprint density at radius 3 is 2.71 bits per heavy atom. The molecule has 1 atom stereocenters. The summed E-state index contributed by atoms with van der Waals surface area (Å²) >= 11 is 0. The van der Waals surface area contributed by atoms with Gasteiger partial charge in [0.15, 0.2) is 5.78 Å². The minimum atomic E-state index is -0.520. The quantitative estimate of drug-likeness (QED) is 0.616. The first-order valence-corrected chi connectivity index (χ1v) is 9.44. The molecule has 0 radical (unpaired) electrons. The van der Waals surface area contributed by atoms with Crippen LogP contribution in [0.2, 0.25) is 0 Å². The molecule has 2 aliphatic rings. The average molecular weight is 381 g/mol. The van der Waals surface area contributed by atoms with Crippen LogP contribution in [0, 0.1) is 5.41 Å². The first-order chi connectivity index (χ1) is 13.3. The minimum Gasteiger partial charge on any atom is -0.496 e. The Morgan fingerprint density at radius 2 is 2.04 bits per heavy atom. The van der Waals surface area contributed by atoms with Gasteiger partial charge in [0.2, 0.25) is 0 Å². The van der Waals surface area contributed by atoms with E-state index in [2.05, 4.69) is 25.7 Å². The highest BCUT2D eigenvalue weighted by molar-refractivity contribution is 6.04. The van der Waals surface area contributed by atoms with E-state index < -0.39 is 11.9 Å². The van der Waals surface area contributed by atoms with E-state index in [1.165, 1.54) is 6.08 Å². The zero-order chi connectivity index (χ0) is 20.5. The Hall–Kier alpha value is -2.82. The molecule has 0 saturated carbocycles. The molecule has 0 bridgehead atoms. The first-order valence-electron chi connectivity index (χ1n) is 9.44. The van der Waals surface area contributed by atoms with Gasteiger partial charge in [-0.25, -0.2) is 4.79 Å². The third-order valence-electron chi connectivity index (χ3n) is 5.24. The number of para-hydroxylation sites is 1. The van der Waals surface area contributed by atoms with Gasteiger partial charge < -0.3 is 14.8 Å². The maximum Gasteiger partial charge on any atom is 0.337 e. The van der Waals surface area contributed by atoms with Crippen LogP contribution in [0.5, 0.6) is 5.75 Å². The smallest absolute Gasteiger partial charge is 0.337 e. The molecule has 0 amide bonds. The highest BCUT2D eigenvalue weighted by Gasteiger charge is 2.43. The topological polar surface area (TPSA) is 64.6 Å². The summed E-state index contributed by atoms with van der Waals surface area (Å²) in [6, 6.07) is 7.51. The third-order valence-corrected chi connectivity index (χ3v) is 5.24. The van der Waals surface area contributed by atoms with Crippen molar-refractivity contribution < 1.29 is 19.1 Å². The standard InChI is InChI=1S/C23H27NO4/c1-6-11-28-22(26)19-14(2)24-16-12-23(3,4)13-17(25)21(16)20(19)15-9-7-8-10-18(15)27-5/h6-10,20,24H,1,11-13H2,2-5H3/t20-/m1/s1. The molecule has 1 aromatic rings. The maximum atomic E-state index is 13.2. The number of hydrogen-bond acceptors (Lipinski definition) is 5. The molecule has 1 aliphatic heterocycles. The molecule has 5 nitrogen and oxygen atoms in total. The molecular weight excluding hydrogens is 354 g/mol. The number of nitrogens with one attached hydrogen (secondary N) is 1. The molecule has 0 aromatic heterocycles. The van der Waals surface area contributed by atoms with Crippen molar-refractivity contribution >= 4 is 11.8 Å². The fourth-order valence-electron chi connectivity index (χ4n) is 4.13. The van der Waals surface area contributed by atoms with E-state index >= 15 is 0 Å². The van der Waals surface area contributed by atoms with Crippen LogP contribution in [0.4, 0.5) is 0 Å². The van der Waals surface area contributed by atoms with Crippen LogP contribution in [-0.4, -0.2) is 25.5 Å². The molecule has 1 aromatic carbocycles. The van der Waals surface area contributed by atoms with E-state index in [-0.39, 0.29) is 17.8 Å². The summed E-state index contributed by atoms with van der Waals surface area (Å²) < 4.78 is 10.9. The van der Waals surface area contributed by atoms with Crippen LogP contribution in [0.25, 0.3) is 0 Å². The summed E-state index contributed by atoms with van der Waals surface area (Å²) in [5.41, 5.74) is 3.33. The predicted molar refractivity (Wildman–Crippen MR) is 108 cm³/mol. The van der Waals surface area contributed by atoms with Crippen molar-refractivity contribution in [1.29, 1.82) is 0 Å². The number of dihydropyridines is 1. The number of carbonyl (C=O) groups is 2. The highest BCUT2D eigenvalue weighted by atomic mass is 16.5. The number of esters is 1. The molecule has 5 heteroatoms. The van der Waals surface area contributed by atoms with Gasteiger partial charge in [0.1, 0.15) is 12.4 Å². The van der Waals surface area contributed by atoms with E-state index in [1.807, 2.05) is 31.2 Å². The molecule has 0 spiro atoms. The van der Waals surface area contributed by atoms with Crippen molar-refractivity contribution in [3.63, 3.8) is 0 Å². The molecule has 0 saturated heterocycles. The van der Waals surface area contributed by atoms with Crippen LogP contribution >= 0.6 is 0 Å². The lowest BCUT2D eigenvalue weighted by molar-refractivity contribution is -0.138. The van der Waals surface area contributed by atoms with E-state index in [0.717, 1.165) is 17.7 Å². The van der Waals surface area contributed by atoms with Gasteiger partial charge in [-0.2, -0.15) is 0 Å². The van der Waals surface area contributed by atoms with Crippen LogP contribution in [0.1, 0.15) is 45.1 Å². The predicted octanol–water partition coefficient (Wildman–Crippen LogP) is 4.03. The second kappa shape index (κ2) is 7.66. The lowest BCUT2D eigenvalue weighted by Gasteiger charge is -2.39. The number of methoxy groups -OCH3 is 1. The van der Waals surface area contributed by atoms with Gasteiger partial charge in [-0.3, -0.25) is 4.79 Å². The van der Waals surface area contributed by atoms with E-state index in [1.54, 1.807) is 7.11 Å². The Balaban J connectivity index is 2.19. The van der Waals surface area contributed by atoms with Crippen molar-refractivity contribution in [2.75, 3.05) is 13.7 Å². The molecule has 0 fully saturated rings. The Morgan fingerprint density at radius 1 is 1.32 bits per heavy atom. The third kappa shape index (κ3) is 3.61. The first kappa shape index (κ1) is 19.9. The number of benzene rings is 1. The second-order valence-electron chi connectivity index (χ2n) is 8.06. The van der Waals surface area contributed by atoms with Crippen LogP contribution < -0.4 is 10.1 Å². The lowest BCUT2D eigenvalue weighted by Crippen LogP contribution is -2.38. The van der Waals surface area contributed by atoms with Crippen molar-refractivity contribution in [2.24, 2.45) is 5.41 Å². The molecule has 28 heavy (non-hydrogen) atoms. The van der Waals surface area contributed by atoms with Crippen LogP contribution in [0.3, 0.4) is 0 Å². The summed E-state index contributed by atoms with van der Waals surface area (Å²) in [6.07, 6.45) is 2.71. The van der Waals surface area contributed by atoms with E-state index in [0.29, 0.717) is 29.0 Å². The van der Waals surface area contributed by atoms with Gasteiger partial charge in [0.05, 0.1) is 18.6 Å². The maximum absolute atomic E-state index is 13.2. The number of allylic oxidation sites excluding steroid dienone is 3. The molecule has 1 heterocycles. The molecule has 1 aliphatic carbocycles. The molecule has 0 unspecified atom stereocenters. The summed E-state index contributed by atoms with van der Waals surface area (Å²) in [4.78, 5) is 26.1. The monoisotopic (exact) mass is 381 g/mol. The van der Waals surface area contributed by atoms with E-state index in [4.69, 9.17) is 9.47 Å². The number of rotatable bonds is 5. The average Bonchev–Trinajstić information content (AvgIpc) is 2.63. The van der Waals surface area contributed by atoms with Gasteiger partial charge in [-0.1, -0.05) is 44.7 Å². The number of Topliss-reactive ketones (excluding diaryl/α,β-unsaturated/α-hetero) is 1. The fraction of sp³-hybridized carbons (Fsp3) is 0.391. The van der Waals surface area contributed by atoms with Crippen molar-refractivity contribution in [1.82, 2.24) is 5.32 Å². The number of carbonyl (C=O) groups excluding carboxylic acids is 2. The SMILES string of the molecule is C=CCOC(=O)C1=C(C)NC2=C(C(=O)CC(C)(C)C2)[C@@H]1c1ccccc1OC. The van der Waals surface area contributed by atoms with Crippen LogP contribution in [-0.2, 0) is 14.3 Å². The van der Waals surface area contributed by atoms with Crippen LogP contribution in [0.15, 0.2) is 59.5 Å². The fourth-order valence-corrected chi connectivity index (χ4v) is 4.13. The molecule has 1 N–H and O–H groups in total. The zero-order valence-electron chi connectivity index (χ0n) is 16.9. The molecule has 3 rings (SSSR count).